The molecule has 3 rings (SSSR count). The highest BCUT2D eigenvalue weighted by molar-refractivity contribution is 7.97. The molecule has 2 aromatic rings. The summed E-state index contributed by atoms with van der Waals surface area (Å²) in [6.45, 7) is 5.65. The fraction of sp³-hybridized carbons (Fsp3) is 0.353. The highest BCUT2D eigenvalue weighted by Crippen LogP contribution is 2.24. The fourth-order valence-electron chi connectivity index (χ4n) is 2.41. The number of carbonyl (C=O) groups excluding carboxylic acids is 1. The van der Waals surface area contributed by atoms with Crippen molar-refractivity contribution >= 4 is 23.7 Å². The van der Waals surface area contributed by atoms with E-state index in [2.05, 4.69) is 26.5 Å². The predicted molar refractivity (Wildman–Crippen MR) is 95.2 cm³/mol. The number of ether oxygens (including phenoxy) is 1. The first-order valence-corrected chi connectivity index (χ1v) is 8.94. The summed E-state index contributed by atoms with van der Waals surface area (Å²) in [6, 6.07) is 6.05. The molecule has 0 radical (unpaired) electrons. The quantitative estimate of drug-likeness (QED) is 0.797. The molecule has 0 unspecified atom stereocenters. The van der Waals surface area contributed by atoms with E-state index in [9.17, 15) is 9.18 Å². The molecule has 2 aromatic heterocycles. The molecule has 1 aliphatic rings. The number of aromatic nitrogens is 2. The van der Waals surface area contributed by atoms with Crippen LogP contribution in [0.5, 0.6) is 5.75 Å². The Morgan fingerprint density at radius 3 is 2.92 bits per heavy atom. The molecule has 0 bridgehead atoms. The number of nitrogens with one attached hydrogen (secondary N) is 1. The minimum Gasteiger partial charge on any atom is -0.488 e. The van der Waals surface area contributed by atoms with Crippen LogP contribution in [0.15, 0.2) is 30.5 Å². The van der Waals surface area contributed by atoms with Gasteiger partial charge in [0.15, 0.2) is 0 Å². The SMILES string of the molecule is CCSN1CC(Oc2cc(C)nc(C(=O)Nc3ccc(F)cn3)c2)C1. The Bertz CT molecular complexity index is 751. The first-order valence-electron chi connectivity index (χ1n) is 7.99. The number of nitrogens with zero attached hydrogens (tertiary/aromatic N) is 3. The summed E-state index contributed by atoms with van der Waals surface area (Å²) in [5, 5.41) is 2.60. The van der Waals surface area contributed by atoms with Crippen LogP contribution in [0.2, 0.25) is 0 Å². The second-order valence-electron chi connectivity index (χ2n) is 5.65. The molecule has 132 valence electrons. The fourth-order valence-corrected chi connectivity index (χ4v) is 3.32. The van der Waals surface area contributed by atoms with E-state index in [0.717, 1.165) is 25.0 Å². The van der Waals surface area contributed by atoms with Crippen LogP contribution < -0.4 is 10.1 Å². The average molecular weight is 362 g/mol. The van der Waals surface area contributed by atoms with Gasteiger partial charge < -0.3 is 10.1 Å². The highest BCUT2D eigenvalue weighted by Gasteiger charge is 2.28. The van der Waals surface area contributed by atoms with Crippen molar-refractivity contribution in [2.75, 3.05) is 24.2 Å². The van der Waals surface area contributed by atoms with Gasteiger partial charge in [-0.15, -0.1) is 0 Å². The maximum Gasteiger partial charge on any atom is 0.275 e. The summed E-state index contributed by atoms with van der Waals surface area (Å²) in [7, 11) is 0. The molecule has 1 amide bonds. The molecule has 1 fully saturated rings. The Kier molecular flexibility index (Phi) is 5.50. The average Bonchev–Trinajstić information content (AvgIpc) is 2.54. The summed E-state index contributed by atoms with van der Waals surface area (Å²) in [5.41, 5.74) is 0.925. The number of halogens is 1. The summed E-state index contributed by atoms with van der Waals surface area (Å²) in [4.78, 5) is 20.4. The van der Waals surface area contributed by atoms with Gasteiger partial charge in [0, 0.05) is 36.7 Å². The monoisotopic (exact) mass is 362 g/mol. The number of anilines is 1. The van der Waals surface area contributed by atoms with E-state index in [0.29, 0.717) is 11.4 Å². The molecule has 3 heterocycles. The molecule has 25 heavy (non-hydrogen) atoms. The summed E-state index contributed by atoms with van der Waals surface area (Å²) in [6.07, 6.45) is 1.17. The Hall–Kier alpha value is -2.19. The molecular weight excluding hydrogens is 343 g/mol. The van der Waals surface area contributed by atoms with Gasteiger partial charge in [-0.1, -0.05) is 18.9 Å². The molecule has 6 nitrogen and oxygen atoms in total. The first-order chi connectivity index (χ1) is 12.0. The third kappa shape index (κ3) is 4.67. The maximum absolute atomic E-state index is 12.9. The van der Waals surface area contributed by atoms with Gasteiger partial charge in [-0.3, -0.25) is 4.79 Å². The number of hydrogen-bond donors (Lipinski definition) is 1. The molecule has 0 spiro atoms. The van der Waals surface area contributed by atoms with Gasteiger partial charge in [0.05, 0.1) is 6.20 Å². The number of pyridine rings is 2. The number of aryl methyl sites for hydroxylation is 1. The number of rotatable bonds is 6. The lowest BCUT2D eigenvalue weighted by molar-refractivity contribution is 0.0833. The molecule has 0 atom stereocenters. The van der Waals surface area contributed by atoms with Crippen molar-refractivity contribution in [2.24, 2.45) is 0 Å². The minimum atomic E-state index is -0.460. The zero-order valence-corrected chi connectivity index (χ0v) is 14.8. The van der Waals surface area contributed by atoms with E-state index in [1.807, 2.05) is 6.07 Å². The third-order valence-electron chi connectivity index (χ3n) is 3.56. The van der Waals surface area contributed by atoms with Crippen molar-refractivity contribution in [1.82, 2.24) is 14.3 Å². The normalized spacial score (nSPS) is 14.8. The van der Waals surface area contributed by atoms with Crippen molar-refractivity contribution in [2.45, 2.75) is 20.0 Å². The summed E-state index contributed by atoms with van der Waals surface area (Å²) < 4.78 is 21.0. The lowest BCUT2D eigenvalue weighted by Crippen LogP contribution is -2.50. The van der Waals surface area contributed by atoms with Crippen molar-refractivity contribution < 1.29 is 13.9 Å². The topological polar surface area (TPSA) is 67.3 Å². The van der Waals surface area contributed by atoms with Crippen LogP contribution in [0.3, 0.4) is 0 Å². The zero-order valence-electron chi connectivity index (χ0n) is 14.0. The predicted octanol–water partition coefficient (Wildman–Crippen LogP) is 2.91. The van der Waals surface area contributed by atoms with E-state index < -0.39 is 11.7 Å². The Morgan fingerprint density at radius 2 is 2.24 bits per heavy atom. The number of amides is 1. The third-order valence-corrected chi connectivity index (χ3v) is 4.48. The number of carbonyl (C=O) groups is 1. The molecule has 0 aliphatic carbocycles. The smallest absolute Gasteiger partial charge is 0.275 e. The molecule has 0 saturated carbocycles. The van der Waals surface area contributed by atoms with E-state index in [1.54, 1.807) is 24.9 Å². The van der Waals surface area contributed by atoms with Gasteiger partial charge in [-0.05, 0) is 19.1 Å². The minimum absolute atomic E-state index is 0.121. The molecular formula is C17H19FN4O2S. The van der Waals surface area contributed by atoms with Gasteiger partial charge in [-0.2, -0.15) is 0 Å². The van der Waals surface area contributed by atoms with Crippen LogP contribution in [0.4, 0.5) is 10.2 Å². The standard InChI is InChI=1S/C17H19FN4O2S/c1-3-25-22-9-14(10-22)24-13-6-11(2)20-15(7-13)17(23)21-16-5-4-12(18)8-19-16/h4-8,14H,3,9-10H2,1-2H3,(H,19,21,23). The van der Waals surface area contributed by atoms with Crippen LogP contribution in [0.25, 0.3) is 0 Å². The van der Waals surface area contributed by atoms with Crippen LogP contribution in [0, 0.1) is 12.7 Å². The van der Waals surface area contributed by atoms with Crippen LogP contribution in [0.1, 0.15) is 23.1 Å². The summed E-state index contributed by atoms with van der Waals surface area (Å²) in [5.74, 6) is 1.06. The Labute approximate surface area is 149 Å². The lowest BCUT2D eigenvalue weighted by Gasteiger charge is -2.37. The first kappa shape index (κ1) is 17.6. The Morgan fingerprint density at radius 1 is 1.44 bits per heavy atom. The lowest BCUT2D eigenvalue weighted by atomic mass is 10.2. The van der Waals surface area contributed by atoms with Gasteiger partial charge >= 0.3 is 0 Å². The number of hydrogen-bond acceptors (Lipinski definition) is 6. The van der Waals surface area contributed by atoms with Gasteiger partial charge in [0.25, 0.3) is 5.91 Å². The molecule has 8 heteroatoms. The van der Waals surface area contributed by atoms with Crippen molar-refractivity contribution in [3.63, 3.8) is 0 Å². The molecule has 0 aromatic carbocycles. The second kappa shape index (κ2) is 7.79. The van der Waals surface area contributed by atoms with Crippen LogP contribution >= 0.6 is 11.9 Å². The summed E-state index contributed by atoms with van der Waals surface area (Å²) >= 11 is 1.79. The van der Waals surface area contributed by atoms with Crippen LogP contribution in [-0.4, -0.2) is 45.1 Å². The van der Waals surface area contributed by atoms with E-state index >= 15 is 0 Å². The Balaban J connectivity index is 1.64. The van der Waals surface area contributed by atoms with Gasteiger partial charge in [-0.25, -0.2) is 18.7 Å². The highest BCUT2D eigenvalue weighted by atomic mass is 32.2. The second-order valence-corrected chi connectivity index (χ2v) is 7.00. The molecule has 1 saturated heterocycles. The van der Waals surface area contributed by atoms with Crippen molar-refractivity contribution in [1.29, 1.82) is 0 Å². The van der Waals surface area contributed by atoms with E-state index in [1.165, 1.54) is 12.1 Å². The van der Waals surface area contributed by atoms with Gasteiger partial charge in [0.1, 0.15) is 29.2 Å². The van der Waals surface area contributed by atoms with E-state index in [4.69, 9.17) is 4.74 Å². The van der Waals surface area contributed by atoms with Crippen LogP contribution in [-0.2, 0) is 0 Å². The zero-order chi connectivity index (χ0) is 17.8. The van der Waals surface area contributed by atoms with Crippen molar-refractivity contribution in [3.05, 3.63) is 47.7 Å². The molecule has 1 aliphatic heterocycles. The van der Waals surface area contributed by atoms with E-state index in [-0.39, 0.29) is 17.6 Å². The van der Waals surface area contributed by atoms with Gasteiger partial charge in [0.2, 0.25) is 0 Å². The molecule has 1 N–H and O–H groups in total. The largest absolute Gasteiger partial charge is 0.488 e. The van der Waals surface area contributed by atoms with Crippen molar-refractivity contribution in [3.8, 4) is 5.75 Å². The maximum atomic E-state index is 12.9.